The Morgan fingerprint density at radius 2 is 1.86 bits per heavy atom. The van der Waals surface area contributed by atoms with Crippen molar-refractivity contribution in [1.82, 2.24) is 20.3 Å². The van der Waals surface area contributed by atoms with Gasteiger partial charge in [-0.2, -0.15) is 0 Å². The fraction of sp³-hybridized carbons (Fsp3) is 0.222. The Bertz CT molecular complexity index is 1680. The van der Waals surface area contributed by atoms with E-state index in [1.165, 1.54) is 12.5 Å². The van der Waals surface area contributed by atoms with Crippen LogP contribution in [0.2, 0.25) is 0 Å². The molecule has 1 fully saturated rings. The van der Waals surface area contributed by atoms with E-state index in [0.717, 1.165) is 46.5 Å². The molecule has 1 aliphatic heterocycles. The topological polar surface area (TPSA) is 125 Å². The van der Waals surface area contributed by atoms with Crippen molar-refractivity contribution in [3.63, 3.8) is 0 Å². The van der Waals surface area contributed by atoms with Crippen molar-refractivity contribution >= 4 is 26.6 Å². The molecule has 3 heterocycles. The molecule has 9 heteroatoms. The summed E-state index contributed by atoms with van der Waals surface area (Å²) in [6.07, 6.45) is 6.54. The first-order valence-corrected chi connectivity index (χ1v) is 13.6. The highest BCUT2D eigenvalue weighted by Crippen LogP contribution is 2.43. The minimum absolute atomic E-state index is 0.0582. The van der Waals surface area contributed by atoms with Crippen LogP contribution in [0.4, 0.5) is 0 Å². The molecule has 6 rings (SSSR count). The molecule has 0 unspecified atom stereocenters. The first-order valence-electron chi connectivity index (χ1n) is 11.9. The maximum Gasteiger partial charge on any atom is 0.261 e. The Kier molecular flexibility index (Phi) is 5.37. The van der Waals surface area contributed by atoms with Gasteiger partial charge in [-0.15, -0.1) is 0 Å². The average Bonchev–Trinajstić information content (AvgIpc) is 3.44. The third-order valence-corrected chi connectivity index (χ3v) is 8.38. The molecule has 0 spiro atoms. The van der Waals surface area contributed by atoms with E-state index in [2.05, 4.69) is 26.3 Å². The van der Waals surface area contributed by atoms with Crippen molar-refractivity contribution in [2.75, 3.05) is 5.75 Å². The Hall–Kier alpha value is -3.98. The predicted molar refractivity (Wildman–Crippen MR) is 138 cm³/mol. The molecule has 1 amide bonds. The van der Waals surface area contributed by atoms with E-state index >= 15 is 0 Å². The quantitative estimate of drug-likeness (QED) is 0.383. The van der Waals surface area contributed by atoms with Crippen LogP contribution in [0.3, 0.4) is 0 Å². The normalized spacial score (nSPS) is 18.8. The lowest BCUT2D eigenvalue weighted by Crippen LogP contribution is -2.38. The molecule has 2 aliphatic rings. The highest BCUT2D eigenvalue weighted by molar-refractivity contribution is 7.94. The number of hydrogen-bond donors (Lipinski definition) is 3. The predicted octanol–water partition coefficient (Wildman–Crippen LogP) is 3.89. The molecule has 8 nitrogen and oxygen atoms in total. The second-order valence-corrected chi connectivity index (χ2v) is 11.3. The second kappa shape index (κ2) is 8.60. The van der Waals surface area contributed by atoms with Crippen LogP contribution in [-0.2, 0) is 9.84 Å². The lowest BCUT2D eigenvalue weighted by Gasteiger charge is -2.28. The minimum Gasteiger partial charge on any atom is -0.345 e. The Morgan fingerprint density at radius 1 is 1.06 bits per heavy atom. The molecule has 1 saturated carbocycles. The van der Waals surface area contributed by atoms with E-state index in [0.29, 0.717) is 16.8 Å². The van der Waals surface area contributed by atoms with E-state index in [1.807, 2.05) is 36.4 Å². The number of carbonyl (C=O) groups is 1. The first kappa shape index (κ1) is 22.5. The number of aromatic amines is 2. The van der Waals surface area contributed by atoms with Gasteiger partial charge in [0.05, 0.1) is 29.2 Å². The average molecular weight is 501 g/mol. The van der Waals surface area contributed by atoms with Gasteiger partial charge in [-0.25, -0.2) is 13.4 Å². The molecule has 3 N–H and O–H groups in total. The number of aromatic nitrogens is 3. The van der Waals surface area contributed by atoms with Crippen LogP contribution in [0.25, 0.3) is 33.5 Å². The van der Waals surface area contributed by atoms with Crippen molar-refractivity contribution < 1.29 is 13.2 Å². The number of amides is 1. The van der Waals surface area contributed by atoms with Gasteiger partial charge in [0, 0.05) is 16.5 Å². The molecule has 0 radical (unpaired) electrons. The summed E-state index contributed by atoms with van der Waals surface area (Å²) in [7, 11) is -3.32. The van der Waals surface area contributed by atoms with Crippen LogP contribution in [0.5, 0.6) is 0 Å². The largest absolute Gasteiger partial charge is 0.345 e. The SMILES string of the molecule is O=C(N[C@@H]1C=CS(=O)(=O)C1)c1cc2ccc(C3CCC3)c(-c3cnc(-c4ccccc4)[nH]3)c2[nH]c1=O. The molecule has 2 aromatic carbocycles. The van der Waals surface area contributed by atoms with Crippen LogP contribution in [-0.4, -0.2) is 41.1 Å². The highest BCUT2D eigenvalue weighted by Gasteiger charge is 2.27. The number of rotatable bonds is 5. The number of hydrogen-bond acceptors (Lipinski definition) is 5. The molecule has 0 saturated heterocycles. The van der Waals surface area contributed by atoms with Crippen molar-refractivity contribution in [2.24, 2.45) is 0 Å². The van der Waals surface area contributed by atoms with E-state index < -0.39 is 27.3 Å². The van der Waals surface area contributed by atoms with Gasteiger partial charge in [0.1, 0.15) is 11.4 Å². The van der Waals surface area contributed by atoms with Gasteiger partial charge in [0.2, 0.25) is 0 Å². The van der Waals surface area contributed by atoms with Crippen molar-refractivity contribution in [3.05, 3.63) is 87.7 Å². The smallest absolute Gasteiger partial charge is 0.261 e. The van der Waals surface area contributed by atoms with Gasteiger partial charge >= 0.3 is 0 Å². The van der Waals surface area contributed by atoms with E-state index in [9.17, 15) is 18.0 Å². The monoisotopic (exact) mass is 500 g/mol. The number of sulfone groups is 1. The lowest BCUT2D eigenvalue weighted by atomic mass is 9.77. The number of nitrogens with zero attached hydrogens (tertiary/aromatic N) is 1. The Labute approximate surface area is 207 Å². The fourth-order valence-corrected chi connectivity index (χ4v) is 6.15. The van der Waals surface area contributed by atoms with Crippen LogP contribution < -0.4 is 10.9 Å². The summed E-state index contributed by atoms with van der Waals surface area (Å²) in [6, 6.07) is 14.7. The first-order chi connectivity index (χ1) is 17.4. The van der Waals surface area contributed by atoms with Gasteiger partial charge in [-0.1, -0.05) is 48.9 Å². The zero-order valence-corrected chi connectivity index (χ0v) is 20.1. The van der Waals surface area contributed by atoms with Crippen molar-refractivity contribution in [2.45, 2.75) is 31.2 Å². The summed E-state index contributed by atoms with van der Waals surface area (Å²) in [4.78, 5) is 36.9. The van der Waals surface area contributed by atoms with E-state index in [4.69, 9.17) is 0 Å². The third kappa shape index (κ3) is 4.05. The molecule has 4 aromatic rings. The van der Waals surface area contributed by atoms with Gasteiger partial charge in [0.15, 0.2) is 9.84 Å². The van der Waals surface area contributed by atoms with Crippen LogP contribution in [0.15, 0.2) is 71.0 Å². The van der Waals surface area contributed by atoms with Gasteiger partial charge < -0.3 is 15.3 Å². The Morgan fingerprint density at radius 3 is 2.56 bits per heavy atom. The van der Waals surface area contributed by atoms with Crippen molar-refractivity contribution in [3.8, 4) is 22.6 Å². The number of pyridine rings is 1. The number of carbonyl (C=O) groups excluding carboxylic acids is 1. The summed E-state index contributed by atoms with van der Waals surface area (Å²) in [5, 5.41) is 4.43. The maximum absolute atomic E-state index is 13.1. The van der Waals surface area contributed by atoms with Crippen LogP contribution in [0.1, 0.15) is 41.1 Å². The van der Waals surface area contributed by atoms with E-state index in [1.54, 1.807) is 12.3 Å². The zero-order chi connectivity index (χ0) is 24.9. The van der Waals surface area contributed by atoms with Crippen LogP contribution in [0, 0.1) is 0 Å². The molecule has 1 atom stereocenters. The molecule has 2 aromatic heterocycles. The van der Waals surface area contributed by atoms with Crippen molar-refractivity contribution in [1.29, 1.82) is 0 Å². The number of benzene rings is 2. The number of H-pyrrole nitrogens is 2. The fourth-order valence-electron chi connectivity index (χ4n) is 4.91. The summed E-state index contributed by atoms with van der Waals surface area (Å²) >= 11 is 0. The zero-order valence-electron chi connectivity index (χ0n) is 19.3. The molecule has 36 heavy (non-hydrogen) atoms. The second-order valence-electron chi connectivity index (χ2n) is 9.38. The number of nitrogens with one attached hydrogen (secondary N) is 3. The summed E-state index contributed by atoms with van der Waals surface area (Å²) < 4.78 is 23.3. The maximum atomic E-state index is 13.1. The minimum atomic E-state index is -3.32. The molecule has 0 bridgehead atoms. The van der Waals surface area contributed by atoms with Gasteiger partial charge in [-0.3, -0.25) is 9.59 Å². The third-order valence-electron chi connectivity index (χ3n) is 6.98. The number of fused-ring (bicyclic) bond motifs is 1. The lowest BCUT2D eigenvalue weighted by molar-refractivity contribution is 0.0946. The summed E-state index contributed by atoms with van der Waals surface area (Å²) in [5.41, 5.74) is 3.86. The van der Waals surface area contributed by atoms with E-state index in [-0.39, 0.29) is 11.3 Å². The Balaban J connectivity index is 1.43. The molecule has 182 valence electrons. The standard InChI is InChI=1S/C27H24N4O4S/c32-26(29-19-11-12-36(34,35)15-19)21-13-18-9-10-20(16-7-4-8-16)23(24(18)31-27(21)33)22-14-28-25(30-22)17-5-2-1-3-6-17/h1-3,5-6,9-14,16,19H,4,7-8,15H2,(H,28,30)(H,29,32)(H,31,33)/t19-/m1/s1. The molecular formula is C27H24N4O4S. The highest BCUT2D eigenvalue weighted by atomic mass is 32.2. The molecular weight excluding hydrogens is 476 g/mol. The van der Waals surface area contributed by atoms with Gasteiger partial charge in [0.25, 0.3) is 11.5 Å². The summed E-state index contributed by atoms with van der Waals surface area (Å²) in [6.45, 7) is 0. The summed E-state index contributed by atoms with van der Waals surface area (Å²) in [5.74, 6) is 0.320. The van der Waals surface area contributed by atoms with Gasteiger partial charge in [-0.05, 0) is 41.9 Å². The van der Waals surface area contributed by atoms with Crippen LogP contribution >= 0.6 is 0 Å². The molecule has 1 aliphatic carbocycles. The number of imidazole rings is 1.